The van der Waals surface area contributed by atoms with Crippen molar-refractivity contribution in [3.63, 3.8) is 0 Å². The molecule has 0 aromatic heterocycles. The molecule has 3 rings (SSSR count). The Bertz CT molecular complexity index is 616. The van der Waals surface area contributed by atoms with Gasteiger partial charge in [-0.25, -0.2) is 0 Å². The van der Waals surface area contributed by atoms with Gasteiger partial charge in [0, 0.05) is 18.7 Å². The minimum Gasteiger partial charge on any atom is -0.496 e. The number of nitrogens with one attached hydrogen (secondary N) is 1. The first-order valence-corrected chi connectivity index (χ1v) is 8.03. The largest absolute Gasteiger partial charge is 0.496 e. The maximum absolute atomic E-state index is 5.56. The molecule has 1 aliphatic rings. The van der Waals surface area contributed by atoms with Crippen LogP contribution in [-0.2, 0) is 6.54 Å². The predicted octanol–water partition coefficient (Wildman–Crippen LogP) is 4.52. The summed E-state index contributed by atoms with van der Waals surface area (Å²) in [7, 11) is 1.76. The summed E-state index contributed by atoms with van der Waals surface area (Å²) in [6.07, 6.45) is 5.42. The van der Waals surface area contributed by atoms with Crippen LogP contribution >= 0.6 is 0 Å². The van der Waals surface area contributed by atoms with Gasteiger partial charge in [0.2, 0.25) is 0 Å². The number of ether oxygens (including phenoxy) is 1. The Hall–Kier alpha value is -1.54. The predicted molar refractivity (Wildman–Crippen MR) is 88.8 cm³/mol. The van der Waals surface area contributed by atoms with Crippen molar-refractivity contribution in [1.29, 1.82) is 0 Å². The van der Waals surface area contributed by atoms with Crippen molar-refractivity contribution in [2.24, 2.45) is 5.41 Å². The van der Waals surface area contributed by atoms with Gasteiger partial charge in [-0.1, -0.05) is 43.7 Å². The molecule has 2 heteroatoms. The Kier molecular flexibility index (Phi) is 4.16. The van der Waals surface area contributed by atoms with E-state index in [9.17, 15) is 0 Å². The van der Waals surface area contributed by atoms with Gasteiger partial charge in [0.25, 0.3) is 0 Å². The van der Waals surface area contributed by atoms with Crippen LogP contribution in [-0.4, -0.2) is 13.7 Å². The zero-order chi connectivity index (χ0) is 14.7. The highest BCUT2D eigenvalue weighted by atomic mass is 16.5. The minimum absolute atomic E-state index is 0.590. The van der Waals surface area contributed by atoms with Crippen LogP contribution in [0.3, 0.4) is 0 Å². The fourth-order valence-corrected chi connectivity index (χ4v) is 3.36. The van der Waals surface area contributed by atoms with Crippen molar-refractivity contribution >= 4 is 10.8 Å². The number of rotatable bonds is 7. The molecule has 2 aromatic rings. The third kappa shape index (κ3) is 3.06. The summed E-state index contributed by atoms with van der Waals surface area (Å²) in [5.41, 5.74) is 1.87. The summed E-state index contributed by atoms with van der Waals surface area (Å²) in [6.45, 7) is 4.30. The monoisotopic (exact) mass is 283 g/mol. The summed E-state index contributed by atoms with van der Waals surface area (Å²) >= 11 is 0. The van der Waals surface area contributed by atoms with Gasteiger partial charge in [-0.3, -0.25) is 0 Å². The summed E-state index contributed by atoms with van der Waals surface area (Å²) in [5.74, 6) is 0.988. The van der Waals surface area contributed by atoms with E-state index in [4.69, 9.17) is 4.74 Å². The highest BCUT2D eigenvalue weighted by Gasteiger charge is 2.40. The van der Waals surface area contributed by atoms with Gasteiger partial charge in [0.1, 0.15) is 5.75 Å². The Labute approximate surface area is 127 Å². The smallest absolute Gasteiger partial charge is 0.123 e. The Morgan fingerprint density at radius 2 is 1.95 bits per heavy atom. The van der Waals surface area contributed by atoms with E-state index >= 15 is 0 Å². The Morgan fingerprint density at radius 3 is 2.67 bits per heavy atom. The lowest BCUT2D eigenvalue weighted by Gasteiger charge is -2.17. The number of benzene rings is 2. The molecule has 2 aromatic carbocycles. The lowest BCUT2D eigenvalue weighted by molar-refractivity contribution is 0.398. The lowest BCUT2D eigenvalue weighted by atomic mass is 10.00. The van der Waals surface area contributed by atoms with E-state index in [2.05, 4.69) is 48.6 Å². The van der Waals surface area contributed by atoms with Gasteiger partial charge < -0.3 is 10.1 Å². The third-order valence-electron chi connectivity index (χ3n) is 4.76. The highest BCUT2D eigenvalue weighted by molar-refractivity contribution is 5.87. The van der Waals surface area contributed by atoms with Crippen LogP contribution < -0.4 is 10.1 Å². The molecule has 1 aliphatic carbocycles. The molecule has 2 nitrogen and oxygen atoms in total. The maximum Gasteiger partial charge on any atom is 0.123 e. The van der Waals surface area contributed by atoms with Gasteiger partial charge >= 0.3 is 0 Å². The van der Waals surface area contributed by atoms with E-state index in [1.54, 1.807) is 7.11 Å². The van der Waals surface area contributed by atoms with Crippen LogP contribution in [0.25, 0.3) is 10.8 Å². The first-order valence-electron chi connectivity index (χ1n) is 8.03. The molecule has 0 amide bonds. The Balaban J connectivity index is 1.76. The summed E-state index contributed by atoms with van der Waals surface area (Å²) in [4.78, 5) is 0. The second-order valence-corrected chi connectivity index (χ2v) is 6.32. The van der Waals surface area contributed by atoms with E-state index in [-0.39, 0.29) is 0 Å². The number of hydrogen-bond acceptors (Lipinski definition) is 2. The molecule has 112 valence electrons. The molecular formula is C19H25NO. The Morgan fingerprint density at radius 1 is 1.14 bits per heavy atom. The lowest BCUT2D eigenvalue weighted by Crippen LogP contribution is -2.23. The fourth-order valence-electron chi connectivity index (χ4n) is 3.36. The van der Waals surface area contributed by atoms with Crippen LogP contribution in [0.2, 0.25) is 0 Å². The average molecular weight is 283 g/mol. The molecule has 0 saturated heterocycles. The van der Waals surface area contributed by atoms with Crippen molar-refractivity contribution in [3.8, 4) is 5.75 Å². The van der Waals surface area contributed by atoms with Gasteiger partial charge in [-0.2, -0.15) is 0 Å². The second-order valence-electron chi connectivity index (χ2n) is 6.32. The van der Waals surface area contributed by atoms with E-state index in [1.807, 2.05) is 0 Å². The SMILES string of the molecule is CCCC1(CNCc2c(OC)ccc3ccccc23)CC1. The second kappa shape index (κ2) is 6.07. The molecule has 21 heavy (non-hydrogen) atoms. The molecular weight excluding hydrogens is 258 g/mol. The molecule has 1 saturated carbocycles. The number of fused-ring (bicyclic) bond motifs is 1. The molecule has 0 atom stereocenters. The van der Waals surface area contributed by atoms with Gasteiger partial charge in [-0.15, -0.1) is 0 Å². The van der Waals surface area contributed by atoms with Gasteiger partial charge in [-0.05, 0) is 41.5 Å². The topological polar surface area (TPSA) is 21.3 Å². The fraction of sp³-hybridized carbons (Fsp3) is 0.474. The van der Waals surface area contributed by atoms with Crippen molar-refractivity contribution in [2.75, 3.05) is 13.7 Å². The molecule has 1 fully saturated rings. The third-order valence-corrected chi connectivity index (χ3v) is 4.76. The molecule has 0 aliphatic heterocycles. The summed E-state index contributed by atoms with van der Waals surface area (Å²) < 4.78 is 5.56. The van der Waals surface area contributed by atoms with Crippen molar-refractivity contribution in [1.82, 2.24) is 5.32 Å². The van der Waals surface area contributed by atoms with Crippen LogP contribution in [0.4, 0.5) is 0 Å². The molecule has 0 heterocycles. The zero-order valence-electron chi connectivity index (χ0n) is 13.1. The summed E-state index contributed by atoms with van der Waals surface area (Å²) in [6, 6.07) is 12.8. The minimum atomic E-state index is 0.590. The molecule has 1 N–H and O–H groups in total. The van der Waals surface area contributed by atoms with Crippen molar-refractivity contribution in [2.45, 2.75) is 39.2 Å². The first kappa shape index (κ1) is 14.4. The number of hydrogen-bond donors (Lipinski definition) is 1. The molecule has 0 spiro atoms. The van der Waals surface area contributed by atoms with E-state index < -0.39 is 0 Å². The highest BCUT2D eigenvalue weighted by Crippen LogP contribution is 2.49. The van der Waals surface area contributed by atoms with Gasteiger partial charge in [0.15, 0.2) is 0 Å². The number of methoxy groups -OCH3 is 1. The van der Waals surface area contributed by atoms with Crippen LogP contribution in [0, 0.1) is 5.41 Å². The van der Waals surface area contributed by atoms with Crippen LogP contribution in [0.15, 0.2) is 36.4 Å². The molecule has 0 radical (unpaired) electrons. The van der Waals surface area contributed by atoms with E-state index in [1.165, 1.54) is 42.0 Å². The first-order chi connectivity index (χ1) is 10.3. The maximum atomic E-state index is 5.56. The average Bonchev–Trinajstić information content (AvgIpc) is 3.27. The standard InChI is InChI=1S/C19H25NO/c1-3-10-19(11-12-19)14-20-13-17-16-7-5-4-6-15(16)8-9-18(17)21-2/h4-9,20H,3,10-14H2,1-2H3. The van der Waals surface area contributed by atoms with E-state index in [0.29, 0.717) is 5.41 Å². The molecule has 0 unspecified atom stereocenters. The van der Waals surface area contributed by atoms with E-state index in [0.717, 1.165) is 18.8 Å². The van der Waals surface area contributed by atoms with Gasteiger partial charge in [0.05, 0.1) is 7.11 Å². The normalized spacial score (nSPS) is 16.1. The quantitative estimate of drug-likeness (QED) is 0.806. The van der Waals surface area contributed by atoms with Crippen LogP contribution in [0.1, 0.15) is 38.2 Å². The molecule has 0 bridgehead atoms. The van der Waals surface area contributed by atoms with Crippen LogP contribution in [0.5, 0.6) is 5.75 Å². The zero-order valence-corrected chi connectivity index (χ0v) is 13.1. The van der Waals surface area contributed by atoms with Crippen molar-refractivity contribution in [3.05, 3.63) is 42.0 Å². The summed E-state index contributed by atoms with van der Waals surface area (Å²) in [5, 5.41) is 6.25. The van der Waals surface area contributed by atoms with Crippen molar-refractivity contribution < 1.29 is 4.74 Å².